The van der Waals surface area contributed by atoms with E-state index in [4.69, 9.17) is 17.0 Å². The second kappa shape index (κ2) is 8.78. The molecule has 0 aromatic heterocycles. The van der Waals surface area contributed by atoms with Gasteiger partial charge in [0, 0.05) is 10.0 Å². The van der Waals surface area contributed by atoms with Crippen LogP contribution in [0.25, 0.3) is 5.57 Å². The second-order valence-corrected chi connectivity index (χ2v) is 10.0. The molecule has 8 heteroatoms. The zero-order valence-electron chi connectivity index (χ0n) is 17.4. The first-order valence-corrected chi connectivity index (χ1v) is 12.1. The number of anilines is 2. The molecule has 0 bridgehead atoms. The van der Waals surface area contributed by atoms with Crippen molar-refractivity contribution >= 4 is 73.0 Å². The number of methoxy groups -OCH3 is 1. The number of carbonyl (C=O) groups excluding carboxylic acids is 2. The van der Waals surface area contributed by atoms with Gasteiger partial charge in [-0.2, -0.15) is 0 Å². The van der Waals surface area contributed by atoms with E-state index in [1.165, 1.54) is 4.90 Å². The number of rotatable bonds is 4. The Kier molecular flexibility index (Phi) is 5.82. The van der Waals surface area contributed by atoms with Crippen LogP contribution in [0.1, 0.15) is 11.1 Å². The highest BCUT2D eigenvalue weighted by Crippen LogP contribution is 2.46. The molecule has 33 heavy (non-hydrogen) atoms. The van der Waals surface area contributed by atoms with E-state index in [1.54, 1.807) is 36.3 Å². The van der Waals surface area contributed by atoms with Crippen molar-refractivity contribution in [2.24, 2.45) is 0 Å². The van der Waals surface area contributed by atoms with Crippen molar-refractivity contribution in [3.8, 4) is 5.75 Å². The zero-order valence-corrected chi connectivity index (χ0v) is 20.7. The third kappa shape index (κ3) is 3.88. The molecule has 2 heterocycles. The third-order valence-electron chi connectivity index (χ3n) is 5.48. The first kappa shape index (κ1) is 21.9. The fourth-order valence-electron chi connectivity index (χ4n) is 3.95. The number of benzene rings is 3. The molecule has 5 rings (SSSR count). The van der Waals surface area contributed by atoms with Crippen molar-refractivity contribution in [2.45, 2.75) is 6.54 Å². The maximum Gasteiger partial charge on any atom is 0.271 e. The summed E-state index contributed by atoms with van der Waals surface area (Å²) in [4.78, 5) is 30.6. The fraction of sp³-hybridized carbons (Fsp3) is 0.0800. The van der Waals surface area contributed by atoms with Crippen LogP contribution in [0, 0.1) is 0 Å². The van der Waals surface area contributed by atoms with Crippen LogP contribution in [0.2, 0.25) is 0 Å². The molecule has 3 aromatic carbocycles. The monoisotopic (exact) mass is 536 g/mol. The van der Waals surface area contributed by atoms with E-state index in [-0.39, 0.29) is 11.8 Å². The van der Waals surface area contributed by atoms with Crippen LogP contribution in [-0.4, -0.2) is 23.2 Å². The van der Waals surface area contributed by atoms with Crippen molar-refractivity contribution in [3.63, 3.8) is 0 Å². The lowest BCUT2D eigenvalue weighted by molar-refractivity contribution is -0.115. The molecule has 3 aromatic rings. The number of nitrogens with zero attached hydrogens (tertiary/aromatic N) is 2. The number of thiocarbonyl (C=S) groups is 1. The number of halogens is 1. The van der Waals surface area contributed by atoms with Crippen LogP contribution in [0.4, 0.5) is 11.4 Å². The van der Waals surface area contributed by atoms with Crippen LogP contribution in [-0.2, 0) is 16.1 Å². The Morgan fingerprint density at radius 3 is 2.45 bits per heavy atom. The third-order valence-corrected chi connectivity index (χ3v) is 7.35. The number of hydrogen-bond acceptors (Lipinski definition) is 5. The van der Waals surface area contributed by atoms with Crippen molar-refractivity contribution in [1.29, 1.82) is 0 Å². The molecule has 1 fully saturated rings. The summed E-state index contributed by atoms with van der Waals surface area (Å²) in [6, 6.07) is 22.5. The number of hydrogen-bond donors (Lipinski definition) is 0. The van der Waals surface area contributed by atoms with Gasteiger partial charge >= 0.3 is 0 Å². The minimum atomic E-state index is -0.294. The van der Waals surface area contributed by atoms with Gasteiger partial charge in [-0.25, -0.2) is 0 Å². The van der Waals surface area contributed by atoms with Crippen LogP contribution < -0.4 is 14.5 Å². The molecule has 0 N–H and O–H groups in total. The summed E-state index contributed by atoms with van der Waals surface area (Å²) in [7, 11) is 1.59. The summed E-state index contributed by atoms with van der Waals surface area (Å²) >= 11 is 10.2. The number of amides is 2. The van der Waals surface area contributed by atoms with Crippen LogP contribution in [0.5, 0.6) is 5.75 Å². The Hall–Kier alpha value is -2.94. The average Bonchev–Trinajstić information content (AvgIpc) is 3.26. The molecule has 2 amide bonds. The number of para-hydroxylation sites is 1. The van der Waals surface area contributed by atoms with Gasteiger partial charge in [0.25, 0.3) is 11.8 Å². The molecule has 1 saturated heterocycles. The highest BCUT2D eigenvalue weighted by atomic mass is 79.9. The van der Waals surface area contributed by atoms with Crippen LogP contribution in [0.15, 0.2) is 82.2 Å². The molecule has 0 saturated carbocycles. The van der Waals surface area contributed by atoms with Gasteiger partial charge < -0.3 is 9.64 Å². The van der Waals surface area contributed by atoms with Crippen LogP contribution in [0.3, 0.4) is 0 Å². The van der Waals surface area contributed by atoms with E-state index >= 15 is 0 Å². The molecule has 164 valence electrons. The molecule has 0 unspecified atom stereocenters. The highest BCUT2D eigenvalue weighted by molar-refractivity contribution is 9.10. The molecule has 0 atom stereocenters. The van der Waals surface area contributed by atoms with Crippen LogP contribution >= 0.6 is 39.9 Å². The second-order valence-electron chi connectivity index (χ2n) is 7.45. The summed E-state index contributed by atoms with van der Waals surface area (Å²) < 4.78 is 6.54. The van der Waals surface area contributed by atoms with E-state index in [0.717, 1.165) is 33.0 Å². The SMILES string of the molecule is COc1ccc(N2C(=O)C(=C3C(=O)N(Cc4cccc(Br)c4)c4ccccc43)SC2=S)cc1. The Morgan fingerprint density at radius 1 is 0.970 bits per heavy atom. The number of ether oxygens (including phenoxy) is 1. The maximum atomic E-state index is 13.6. The Balaban J connectivity index is 1.55. The van der Waals surface area contributed by atoms with Gasteiger partial charge in [-0.15, -0.1) is 0 Å². The fourth-order valence-corrected chi connectivity index (χ4v) is 5.76. The Morgan fingerprint density at radius 2 is 1.73 bits per heavy atom. The van der Waals surface area contributed by atoms with Crippen molar-refractivity contribution in [3.05, 3.63) is 93.3 Å². The van der Waals surface area contributed by atoms with E-state index in [1.807, 2.05) is 48.5 Å². The van der Waals surface area contributed by atoms with Gasteiger partial charge in [0.05, 0.1) is 35.5 Å². The topological polar surface area (TPSA) is 49.9 Å². The zero-order chi connectivity index (χ0) is 23.1. The average molecular weight is 537 g/mol. The van der Waals surface area contributed by atoms with E-state index in [9.17, 15) is 9.59 Å². The summed E-state index contributed by atoms with van der Waals surface area (Å²) in [5.74, 6) is 0.190. The normalized spacial score (nSPS) is 17.7. The van der Waals surface area contributed by atoms with Gasteiger partial charge in [-0.1, -0.05) is 70.2 Å². The predicted octanol–water partition coefficient (Wildman–Crippen LogP) is 5.78. The first-order valence-electron chi connectivity index (χ1n) is 10.1. The van der Waals surface area contributed by atoms with Gasteiger partial charge in [0.2, 0.25) is 0 Å². The lowest BCUT2D eigenvalue weighted by Gasteiger charge is -2.17. The van der Waals surface area contributed by atoms with E-state index in [2.05, 4.69) is 15.9 Å². The Bertz CT molecular complexity index is 1340. The standard InChI is InChI=1S/C25H17BrN2O3S2/c1-31-18-11-9-17(10-12-18)28-24(30)22(33-25(28)32)21-19-7-2-3-8-20(19)27(23(21)29)14-15-5-4-6-16(26)13-15/h2-13H,14H2,1H3. The molecule has 0 aliphatic carbocycles. The number of carbonyl (C=O) groups is 2. The molecule has 2 aliphatic heterocycles. The maximum absolute atomic E-state index is 13.6. The predicted molar refractivity (Wildman–Crippen MR) is 139 cm³/mol. The van der Waals surface area contributed by atoms with Gasteiger partial charge in [-0.05, 0) is 48.0 Å². The molecular formula is C25H17BrN2O3S2. The molecular weight excluding hydrogens is 520 g/mol. The summed E-state index contributed by atoms with van der Waals surface area (Å²) in [6.45, 7) is 0.400. The smallest absolute Gasteiger partial charge is 0.271 e. The summed E-state index contributed by atoms with van der Waals surface area (Å²) in [6.07, 6.45) is 0. The summed E-state index contributed by atoms with van der Waals surface area (Å²) in [5, 5.41) is 0. The minimum Gasteiger partial charge on any atom is -0.497 e. The van der Waals surface area contributed by atoms with Crippen molar-refractivity contribution in [2.75, 3.05) is 16.9 Å². The minimum absolute atomic E-state index is 0.202. The molecule has 2 aliphatic rings. The van der Waals surface area contributed by atoms with Gasteiger partial charge in [-0.3, -0.25) is 14.5 Å². The largest absolute Gasteiger partial charge is 0.497 e. The highest BCUT2D eigenvalue weighted by Gasteiger charge is 2.42. The number of fused-ring (bicyclic) bond motifs is 1. The van der Waals surface area contributed by atoms with E-state index in [0.29, 0.717) is 32.8 Å². The number of thioether (sulfide) groups is 1. The molecule has 0 radical (unpaired) electrons. The van der Waals surface area contributed by atoms with E-state index < -0.39 is 0 Å². The van der Waals surface area contributed by atoms with Crippen molar-refractivity contribution in [1.82, 2.24) is 0 Å². The first-order chi connectivity index (χ1) is 16.0. The molecule has 0 spiro atoms. The molecule has 5 nitrogen and oxygen atoms in total. The van der Waals surface area contributed by atoms with Gasteiger partial charge in [0.1, 0.15) is 5.75 Å². The van der Waals surface area contributed by atoms with Gasteiger partial charge in [0.15, 0.2) is 4.32 Å². The quantitative estimate of drug-likeness (QED) is 0.312. The van der Waals surface area contributed by atoms with Crippen molar-refractivity contribution < 1.29 is 14.3 Å². The lowest BCUT2D eigenvalue weighted by Crippen LogP contribution is -2.29. The Labute approximate surface area is 209 Å². The lowest BCUT2D eigenvalue weighted by atomic mass is 10.1. The summed E-state index contributed by atoms with van der Waals surface area (Å²) in [5.41, 5.74) is 3.55.